The lowest BCUT2D eigenvalue weighted by Gasteiger charge is -2.13. The minimum atomic E-state index is 0.0403. The summed E-state index contributed by atoms with van der Waals surface area (Å²) in [5, 5.41) is 4.99. The molecule has 2 heterocycles. The Labute approximate surface area is 136 Å². The molecule has 3 nitrogen and oxygen atoms in total. The number of benzene rings is 1. The van der Waals surface area contributed by atoms with Crippen LogP contribution in [0, 0.1) is 6.92 Å². The number of aryl methyl sites for hydroxylation is 1. The number of aromatic nitrogens is 1. The molecule has 0 saturated carbocycles. The van der Waals surface area contributed by atoms with Crippen molar-refractivity contribution in [1.29, 1.82) is 0 Å². The van der Waals surface area contributed by atoms with E-state index in [2.05, 4.69) is 33.2 Å². The molecule has 1 aromatic carbocycles. The zero-order chi connectivity index (χ0) is 15.0. The van der Waals surface area contributed by atoms with Gasteiger partial charge in [-0.05, 0) is 49.7 Å². The Hall–Kier alpha value is -1.52. The van der Waals surface area contributed by atoms with Gasteiger partial charge in [-0.3, -0.25) is 0 Å². The lowest BCUT2D eigenvalue weighted by atomic mass is 10.2. The maximum Gasteiger partial charge on any atom is 0.134 e. The third-order valence-corrected chi connectivity index (χ3v) is 4.21. The van der Waals surface area contributed by atoms with Gasteiger partial charge in [-0.25, -0.2) is 4.98 Å². The van der Waals surface area contributed by atoms with Gasteiger partial charge < -0.3 is 9.73 Å². The monoisotopic (exact) mass is 364 g/mol. The highest BCUT2D eigenvalue weighted by atomic mass is 79.9. The average molecular weight is 366 g/mol. The smallest absolute Gasteiger partial charge is 0.134 e. The Morgan fingerprint density at radius 1 is 1.29 bits per heavy atom. The first kappa shape index (κ1) is 14.4. The van der Waals surface area contributed by atoms with Crippen LogP contribution in [0.2, 0.25) is 5.15 Å². The Kier molecular flexibility index (Phi) is 3.91. The minimum Gasteiger partial charge on any atom is -0.459 e. The Bertz CT molecular complexity index is 800. The van der Waals surface area contributed by atoms with E-state index >= 15 is 0 Å². The number of fused-ring (bicyclic) bond motifs is 1. The molecular weight excluding hydrogens is 352 g/mol. The van der Waals surface area contributed by atoms with Gasteiger partial charge in [0.05, 0.1) is 17.9 Å². The van der Waals surface area contributed by atoms with E-state index in [1.165, 1.54) is 0 Å². The molecular formula is C16H14BrClN2O. The molecule has 1 atom stereocenters. The maximum atomic E-state index is 5.94. The summed E-state index contributed by atoms with van der Waals surface area (Å²) < 4.78 is 6.92. The van der Waals surface area contributed by atoms with Gasteiger partial charge in [-0.2, -0.15) is 0 Å². The number of anilines is 1. The van der Waals surface area contributed by atoms with Crippen LogP contribution < -0.4 is 5.32 Å². The van der Waals surface area contributed by atoms with Crippen LogP contribution >= 0.6 is 27.5 Å². The topological polar surface area (TPSA) is 38.1 Å². The second kappa shape index (κ2) is 5.70. The van der Waals surface area contributed by atoms with Crippen LogP contribution in [0.5, 0.6) is 0 Å². The number of rotatable bonds is 3. The predicted molar refractivity (Wildman–Crippen MR) is 89.9 cm³/mol. The fourth-order valence-corrected chi connectivity index (χ4v) is 2.69. The predicted octanol–water partition coefficient (Wildman–Crippen LogP) is 5.73. The summed E-state index contributed by atoms with van der Waals surface area (Å²) in [5.74, 6) is 0.885. The first-order valence-corrected chi connectivity index (χ1v) is 7.78. The standard InChI is InChI=1S/C16H14BrClN2O/c1-9-5-13(8-19-16(9)18)20-10(2)15-7-11-6-12(17)3-4-14(11)21-15/h3-8,10,20H,1-2H3. The SMILES string of the molecule is Cc1cc(NC(C)c2cc3cc(Br)ccc3o2)cnc1Cl. The van der Waals surface area contributed by atoms with Crippen LogP contribution in [0.4, 0.5) is 5.69 Å². The number of furan rings is 1. The van der Waals surface area contributed by atoms with Gasteiger partial charge in [-0.15, -0.1) is 0 Å². The van der Waals surface area contributed by atoms with Crippen LogP contribution in [0.15, 0.2) is 45.4 Å². The normalized spacial score (nSPS) is 12.6. The van der Waals surface area contributed by atoms with E-state index < -0.39 is 0 Å². The summed E-state index contributed by atoms with van der Waals surface area (Å²) in [7, 11) is 0. The molecule has 3 rings (SSSR count). The third kappa shape index (κ3) is 3.06. The Morgan fingerprint density at radius 3 is 2.86 bits per heavy atom. The molecule has 5 heteroatoms. The Balaban J connectivity index is 1.85. The number of halogens is 2. The molecule has 1 N–H and O–H groups in total. The van der Waals surface area contributed by atoms with Crippen LogP contribution in [-0.4, -0.2) is 4.98 Å². The Morgan fingerprint density at radius 2 is 2.10 bits per heavy atom. The van der Waals surface area contributed by atoms with Crippen molar-refractivity contribution in [2.24, 2.45) is 0 Å². The second-order valence-electron chi connectivity index (χ2n) is 5.03. The summed E-state index contributed by atoms with van der Waals surface area (Å²) in [4.78, 5) is 4.15. The van der Waals surface area contributed by atoms with Crippen molar-refractivity contribution in [2.45, 2.75) is 19.9 Å². The average Bonchev–Trinajstić information content (AvgIpc) is 2.86. The van der Waals surface area contributed by atoms with E-state index in [-0.39, 0.29) is 6.04 Å². The lowest BCUT2D eigenvalue weighted by Crippen LogP contribution is -2.06. The molecule has 0 radical (unpaired) electrons. The molecule has 1 unspecified atom stereocenters. The van der Waals surface area contributed by atoms with Crippen LogP contribution in [0.1, 0.15) is 24.3 Å². The van der Waals surface area contributed by atoms with E-state index in [4.69, 9.17) is 16.0 Å². The van der Waals surface area contributed by atoms with Gasteiger partial charge in [0.15, 0.2) is 0 Å². The van der Waals surface area contributed by atoms with Crippen molar-refractivity contribution >= 4 is 44.2 Å². The number of nitrogens with zero attached hydrogens (tertiary/aromatic N) is 1. The number of pyridine rings is 1. The first-order valence-electron chi connectivity index (χ1n) is 6.60. The molecule has 21 heavy (non-hydrogen) atoms. The van der Waals surface area contributed by atoms with Crippen LogP contribution in [-0.2, 0) is 0 Å². The van der Waals surface area contributed by atoms with E-state index in [0.29, 0.717) is 5.15 Å². The van der Waals surface area contributed by atoms with E-state index in [0.717, 1.165) is 32.5 Å². The minimum absolute atomic E-state index is 0.0403. The summed E-state index contributed by atoms with van der Waals surface area (Å²) in [6.45, 7) is 3.99. The molecule has 0 aliphatic carbocycles. The van der Waals surface area contributed by atoms with Crippen molar-refractivity contribution in [3.05, 3.63) is 57.5 Å². The largest absolute Gasteiger partial charge is 0.459 e. The molecule has 0 saturated heterocycles. The van der Waals surface area contributed by atoms with Gasteiger partial charge in [0.1, 0.15) is 16.5 Å². The fraction of sp³-hybridized carbons (Fsp3) is 0.188. The van der Waals surface area contributed by atoms with Crippen molar-refractivity contribution < 1.29 is 4.42 Å². The molecule has 0 aliphatic rings. The van der Waals surface area contributed by atoms with Gasteiger partial charge in [0.25, 0.3) is 0 Å². The number of hydrogen-bond donors (Lipinski definition) is 1. The van der Waals surface area contributed by atoms with E-state index in [9.17, 15) is 0 Å². The first-order chi connectivity index (χ1) is 10.0. The van der Waals surface area contributed by atoms with Crippen molar-refractivity contribution in [1.82, 2.24) is 4.98 Å². The second-order valence-corrected chi connectivity index (χ2v) is 6.30. The van der Waals surface area contributed by atoms with Gasteiger partial charge in [0, 0.05) is 9.86 Å². The van der Waals surface area contributed by atoms with Crippen LogP contribution in [0.3, 0.4) is 0 Å². The zero-order valence-electron chi connectivity index (χ0n) is 11.7. The fourth-order valence-electron chi connectivity index (χ4n) is 2.21. The third-order valence-electron chi connectivity index (χ3n) is 3.32. The molecule has 108 valence electrons. The molecule has 3 aromatic rings. The quantitative estimate of drug-likeness (QED) is 0.603. The highest BCUT2D eigenvalue weighted by Crippen LogP contribution is 2.28. The summed E-state index contributed by atoms with van der Waals surface area (Å²) in [6.07, 6.45) is 1.73. The molecule has 2 aromatic heterocycles. The van der Waals surface area contributed by atoms with Crippen molar-refractivity contribution in [2.75, 3.05) is 5.32 Å². The maximum absolute atomic E-state index is 5.94. The van der Waals surface area contributed by atoms with Crippen molar-refractivity contribution in [3.63, 3.8) is 0 Å². The van der Waals surface area contributed by atoms with Crippen molar-refractivity contribution in [3.8, 4) is 0 Å². The molecule has 0 bridgehead atoms. The summed E-state index contributed by atoms with van der Waals surface area (Å²) in [5.41, 5.74) is 2.75. The highest BCUT2D eigenvalue weighted by molar-refractivity contribution is 9.10. The number of hydrogen-bond acceptors (Lipinski definition) is 3. The zero-order valence-corrected chi connectivity index (χ0v) is 14.0. The molecule has 0 amide bonds. The van der Waals surface area contributed by atoms with E-state index in [1.54, 1.807) is 6.20 Å². The van der Waals surface area contributed by atoms with Gasteiger partial charge in [-0.1, -0.05) is 27.5 Å². The summed E-state index contributed by atoms with van der Waals surface area (Å²) in [6, 6.07) is 10.0. The van der Waals surface area contributed by atoms with Gasteiger partial charge in [0.2, 0.25) is 0 Å². The number of nitrogens with one attached hydrogen (secondary N) is 1. The molecule has 0 spiro atoms. The van der Waals surface area contributed by atoms with Gasteiger partial charge >= 0.3 is 0 Å². The lowest BCUT2D eigenvalue weighted by molar-refractivity contribution is 0.526. The molecule has 0 aliphatic heterocycles. The molecule has 0 fully saturated rings. The summed E-state index contributed by atoms with van der Waals surface area (Å²) >= 11 is 9.41. The van der Waals surface area contributed by atoms with Crippen LogP contribution in [0.25, 0.3) is 11.0 Å². The van der Waals surface area contributed by atoms with E-state index in [1.807, 2.05) is 37.3 Å². The highest BCUT2D eigenvalue weighted by Gasteiger charge is 2.12.